The molecule has 27 heavy (non-hydrogen) atoms. The van der Waals surface area contributed by atoms with E-state index in [0.29, 0.717) is 41.6 Å². The molecule has 0 bridgehead atoms. The Morgan fingerprint density at radius 3 is 2.56 bits per heavy atom. The molecule has 7 heteroatoms. The van der Waals surface area contributed by atoms with Crippen molar-refractivity contribution in [1.29, 1.82) is 0 Å². The fourth-order valence-corrected chi connectivity index (χ4v) is 2.87. The molecule has 3 aromatic rings. The number of nitrogens with zero attached hydrogens (tertiary/aromatic N) is 3. The molecule has 3 rings (SSSR count). The Bertz CT molecular complexity index is 941. The van der Waals surface area contributed by atoms with Gasteiger partial charge in [0.05, 0.1) is 6.54 Å². The van der Waals surface area contributed by atoms with Crippen LogP contribution in [0.15, 0.2) is 54.9 Å². The molecule has 0 spiro atoms. The third-order valence-electron chi connectivity index (χ3n) is 4.23. The number of halogens is 3. The van der Waals surface area contributed by atoms with E-state index in [9.17, 15) is 13.6 Å². The lowest BCUT2D eigenvalue weighted by Crippen LogP contribution is -2.31. The van der Waals surface area contributed by atoms with Crippen LogP contribution >= 0.6 is 11.6 Å². The molecular weight excluding hydrogens is 372 g/mol. The molecule has 1 aromatic heterocycles. The second-order valence-electron chi connectivity index (χ2n) is 6.05. The lowest BCUT2D eigenvalue weighted by Gasteiger charge is -2.21. The lowest BCUT2D eigenvalue weighted by molar-refractivity contribution is 0.0747. The van der Waals surface area contributed by atoms with Crippen molar-refractivity contribution in [3.05, 3.63) is 88.5 Å². The minimum atomic E-state index is -0.887. The van der Waals surface area contributed by atoms with Crippen molar-refractivity contribution in [2.45, 2.75) is 20.0 Å². The van der Waals surface area contributed by atoms with E-state index in [2.05, 4.69) is 4.98 Å². The smallest absolute Gasteiger partial charge is 0.254 e. The van der Waals surface area contributed by atoms with Gasteiger partial charge >= 0.3 is 0 Å². The largest absolute Gasteiger partial charge is 0.331 e. The van der Waals surface area contributed by atoms with Gasteiger partial charge in [0.25, 0.3) is 5.91 Å². The van der Waals surface area contributed by atoms with Crippen LogP contribution in [0.2, 0.25) is 5.02 Å². The van der Waals surface area contributed by atoms with Crippen LogP contribution in [0.4, 0.5) is 8.78 Å². The van der Waals surface area contributed by atoms with Crippen LogP contribution in [0.3, 0.4) is 0 Å². The van der Waals surface area contributed by atoms with Crippen molar-refractivity contribution in [3.63, 3.8) is 0 Å². The molecule has 0 aliphatic rings. The van der Waals surface area contributed by atoms with Gasteiger partial charge in [-0.1, -0.05) is 17.7 Å². The number of benzene rings is 2. The van der Waals surface area contributed by atoms with Gasteiger partial charge in [-0.3, -0.25) is 4.79 Å². The molecule has 0 aliphatic heterocycles. The van der Waals surface area contributed by atoms with Gasteiger partial charge in [-0.25, -0.2) is 13.8 Å². The topological polar surface area (TPSA) is 38.1 Å². The van der Waals surface area contributed by atoms with E-state index < -0.39 is 11.6 Å². The second kappa shape index (κ2) is 8.31. The molecule has 0 saturated carbocycles. The standard InChI is InChI=1S/C20H18ClF2N3O/c1-2-25(20(27)15-4-6-16(21)7-5-15)13-19-24-9-10-26(19)12-14-3-8-17(22)18(23)11-14/h3-11H,2,12-13H2,1H3. The highest BCUT2D eigenvalue weighted by molar-refractivity contribution is 6.30. The van der Waals surface area contributed by atoms with Gasteiger partial charge in [0, 0.05) is 36.1 Å². The molecule has 1 amide bonds. The van der Waals surface area contributed by atoms with Crippen LogP contribution in [-0.4, -0.2) is 26.9 Å². The zero-order valence-corrected chi connectivity index (χ0v) is 15.5. The quantitative estimate of drug-likeness (QED) is 0.621. The van der Waals surface area contributed by atoms with Crippen molar-refractivity contribution in [1.82, 2.24) is 14.5 Å². The summed E-state index contributed by atoms with van der Waals surface area (Å²) in [6.07, 6.45) is 3.37. The van der Waals surface area contributed by atoms with E-state index in [4.69, 9.17) is 11.6 Å². The van der Waals surface area contributed by atoms with Gasteiger partial charge in [-0.2, -0.15) is 0 Å². The molecule has 0 unspecified atom stereocenters. The first-order chi connectivity index (χ1) is 13.0. The van der Waals surface area contributed by atoms with Crippen molar-refractivity contribution >= 4 is 17.5 Å². The van der Waals surface area contributed by atoms with Gasteiger partial charge in [-0.15, -0.1) is 0 Å². The van der Waals surface area contributed by atoms with Crippen molar-refractivity contribution < 1.29 is 13.6 Å². The van der Waals surface area contributed by atoms with Gasteiger partial charge in [0.15, 0.2) is 11.6 Å². The fourth-order valence-electron chi connectivity index (χ4n) is 2.74. The number of aromatic nitrogens is 2. The third kappa shape index (κ3) is 4.52. The van der Waals surface area contributed by atoms with Gasteiger partial charge in [0.2, 0.25) is 0 Å². The summed E-state index contributed by atoms with van der Waals surface area (Å²) in [5, 5.41) is 0.566. The maximum absolute atomic E-state index is 13.4. The Morgan fingerprint density at radius 1 is 1.15 bits per heavy atom. The molecule has 0 fully saturated rings. The van der Waals surface area contributed by atoms with Crippen molar-refractivity contribution in [3.8, 4) is 0 Å². The van der Waals surface area contributed by atoms with Gasteiger partial charge in [-0.05, 0) is 48.9 Å². The molecule has 0 atom stereocenters. The number of imidazole rings is 1. The molecule has 0 saturated heterocycles. The zero-order chi connectivity index (χ0) is 19.4. The minimum Gasteiger partial charge on any atom is -0.331 e. The molecule has 4 nitrogen and oxygen atoms in total. The summed E-state index contributed by atoms with van der Waals surface area (Å²) in [6.45, 7) is 3.02. The highest BCUT2D eigenvalue weighted by atomic mass is 35.5. The zero-order valence-electron chi connectivity index (χ0n) is 14.7. The monoisotopic (exact) mass is 389 g/mol. The number of hydrogen-bond donors (Lipinski definition) is 0. The Labute approximate surface area is 161 Å². The van der Waals surface area contributed by atoms with Crippen LogP contribution in [0.25, 0.3) is 0 Å². The average molecular weight is 390 g/mol. The summed E-state index contributed by atoms with van der Waals surface area (Å²) < 4.78 is 28.3. The average Bonchev–Trinajstić information content (AvgIpc) is 3.09. The number of hydrogen-bond acceptors (Lipinski definition) is 2. The summed E-state index contributed by atoms with van der Waals surface area (Å²) in [7, 11) is 0. The Balaban J connectivity index is 1.76. The van der Waals surface area contributed by atoms with E-state index in [0.717, 1.165) is 12.1 Å². The molecule has 0 radical (unpaired) electrons. The molecule has 2 aromatic carbocycles. The Morgan fingerprint density at radius 2 is 1.89 bits per heavy atom. The van der Waals surface area contributed by atoms with Crippen molar-refractivity contribution in [2.24, 2.45) is 0 Å². The number of carbonyl (C=O) groups is 1. The predicted molar refractivity (Wildman–Crippen MR) is 99.6 cm³/mol. The summed E-state index contributed by atoms with van der Waals surface area (Å²) in [4.78, 5) is 18.7. The lowest BCUT2D eigenvalue weighted by atomic mass is 10.2. The fraction of sp³-hybridized carbons (Fsp3) is 0.200. The third-order valence-corrected chi connectivity index (χ3v) is 4.48. The van der Waals surface area contributed by atoms with Crippen LogP contribution < -0.4 is 0 Å². The van der Waals surface area contributed by atoms with Crippen molar-refractivity contribution in [2.75, 3.05) is 6.54 Å². The van der Waals surface area contributed by atoms with E-state index >= 15 is 0 Å². The predicted octanol–water partition coefficient (Wildman–Crippen LogP) is 4.53. The summed E-state index contributed by atoms with van der Waals surface area (Å²) in [5.74, 6) is -1.24. The molecule has 1 heterocycles. The van der Waals surface area contributed by atoms with Crippen LogP contribution in [-0.2, 0) is 13.1 Å². The molecular formula is C20H18ClF2N3O. The normalized spacial score (nSPS) is 10.8. The minimum absolute atomic E-state index is 0.128. The van der Waals surface area contributed by atoms with E-state index in [1.54, 1.807) is 41.6 Å². The summed E-state index contributed by atoms with van der Waals surface area (Å²) >= 11 is 5.88. The summed E-state index contributed by atoms with van der Waals surface area (Å²) in [6, 6.07) is 10.5. The van der Waals surface area contributed by atoms with Crippen LogP contribution in [0, 0.1) is 11.6 Å². The second-order valence-corrected chi connectivity index (χ2v) is 6.48. The van der Waals surface area contributed by atoms with E-state index in [-0.39, 0.29) is 5.91 Å². The maximum atomic E-state index is 13.4. The van der Waals surface area contributed by atoms with E-state index in [1.165, 1.54) is 6.07 Å². The number of amides is 1. The Kier molecular flexibility index (Phi) is 5.86. The summed E-state index contributed by atoms with van der Waals surface area (Å²) in [5.41, 5.74) is 1.15. The highest BCUT2D eigenvalue weighted by Crippen LogP contribution is 2.15. The number of rotatable bonds is 6. The van der Waals surface area contributed by atoms with Crippen LogP contribution in [0.1, 0.15) is 28.7 Å². The van der Waals surface area contributed by atoms with Gasteiger partial charge < -0.3 is 9.47 Å². The molecule has 0 N–H and O–H groups in total. The first-order valence-electron chi connectivity index (χ1n) is 8.46. The number of carbonyl (C=O) groups excluding carboxylic acids is 1. The van der Waals surface area contributed by atoms with E-state index in [1.807, 2.05) is 11.5 Å². The molecule has 140 valence electrons. The molecule has 0 aliphatic carbocycles. The first-order valence-corrected chi connectivity index (χ1v) is 8.84. The first kappa shape index (κ1) is 19.0. The Hall–Kier alpha value is -2.73. The highest BCUT2D eigenvalue weighted by Gasteiger charge is 2.17. The maximum Gasteiger partial charge on any atom is 0.254 e. The van der Waals surface area contributed by atoms with Gasteiger partial charge in [0.1, 0.15) is 5.82 Å². The SMILES string of the molecule is CCN(Cc1nccn1Cc1ccc(F)c(F)c1)C(=O)c1ccc(Cl)cc1. The van der Waals surface area contributed by atoms with Crippen LogP contribution in [0.5, 0.6) is 0 Å².